The number of rotatable bonds is 8. The summed E-state index contributed by atoms with van der Waals surface area (Å²) in [6.45, 7) is 5.51. The molecule has 3 aromatic rings. The molecule has 0 fully saturated rings. The summed E-state index contributed by atoms with van der Waals surface area (Å²) in [6, 6.07) is 14.1. The van der Waals surface area contributed by atoms with E-state index < -0.39 is 6.04 Å². The van der Waals surface area contributed by atoms with Gasteiger partial charge in [0.15, 0.2) is 5.43 Å². The van der Waals surface area contributed by atoms with E-state index in [1.807, 2.05) is 24.3 Å². The Balaban J connectivity index is 1.83. The van der Waals surface area contributed by atoms with E-state index in [9.17, 15) is 9.59 Å². The van der Waals surface area contributed by atoms with Crippen LogP contribution in [0.3, 0.4) is 0 Å². The van der Waals surface area contributed by atoms with Gasteiger partial charge in [-0.25, -0.2) is 0 Å². The van der Waals surface area contributed by atoms with Crippen LogP contribution in [0.5, 0.6) is 5.75 Å². The predicted molar refractivity (Wildman–Crippen MR) is 120 cm³/mol. The fraction of sp³-hybridized carbons (Fsp3) is 0.280. The normalized spacial score (nSPS) is 15.5. The van der Waals surface area contributed by atoms with Crippen molar-refractivity contribution in [2.24, 2.45) is 0 Å². The molecule has 0 unspecified atom stereocenters. The molecule has 1 atom stereocenters. The van der Waals surface area contributed by atoms with Gasteiger partial charge in [0.1, 0.15) is 17.9 Å². The molecule has 1 N–H and O–H groups in total. The lowest BCUT2D eigenvalue weighted by Gasteiger charge is -2.25. The zero-order valence-electron chi connectivity index (χ0n) is 17.9. The second-order valence-electron chi connectivity index (χ2n) is 8.05. The Labute approximate surface area is 181 Å². The molecule has 0 radical (unpaired) electrons. The molecule has 6 heteroatoms. The maximum absolute atomic E-state index is 13.4. The second kappa shape index (κ2) is 8.78. The number of carbonyl (C=O) groups is 1. The maximum atomic E-state index is 13.4. The summed E-state index contributed by atoms with van der Waals surface area (Å²) in [5, 5.41) is 0.484. The van der Waals surface area contributed by atoms with Crippen molar-refractivity contribution >= 4 is 16.9 Å². The van der Waals surface area contributed by atoms with Gasteiger partial charge in [-0.1, -0.05) is 36.9 Å². The molecule has 0 aliphatic carbocycles. The number of carbonyl (C=O) groups excluding carboxylic acids is 1. The third-order valence-corrected chi connectivity index (χ3v) is 5.49. The van der Waals surface area contributed by atoms with E-state index in [2.05, 4.69) is 20.7 Å². The van der Waals surface area contributed by atoms with Crippen LogP contribution in [0.4, 0.5) is 0 Å². The monoisotopic (exact) mass is 419 g/mol. The molecule has 0 saturated heterocycles. The van der Waals surface area contributed by atoms with E-state index in [1.54, 1.807) is 35.2 Å². The Morgan fingerprint density at radius 1 is 1.16 bits per heavy atom. The van der Waals surface area contributed by atoms with Crippen molar-refractivity contribution in [3.05, 3.63) is 88.3 Å². The van der Waals surface area contributed by atoms with Gasteiger partial charge in [-0.05, 0) is 29.8 Å². The van der Waals surface area contributed by atoms with Crippen molar-refractivity contribution in [3.8, 4) is 5.75 Å². The lowest BCUT2D eigenvalue weighted by molar-refractivity contribution is -0.858. The number of ether oxygens (including phenoxy) is 1. The lowest BCUT2D eigenvalue weighted by atomic mass is 9.98. The Hall–Kier alpha value is -3.38. The number of hydrogen-bond acceptors (Lipinski definition) is 4. The predicted octanol–water partition coefficient (Wildman–Crippen LogP) is 2.44. The number of quaternary nitrogens is 1. The van der Waals surface area contributed by atoms with Crippen molar-refractivity contribution in [3.63, 3.8) is 0 Å². The van der Waals surface area contributed by atoms with Gasteiger partial charge >= 0.3 is 0 Å². The van der Waals surface area contributed by atoms with Crippen molar-refractivity contribution < 1.29 is 18.8 Å². The van der Waals surface area contributed by atoms with Gasteiger partial charge in [-0.3, -0.25) is 9.59 Å². The summed E-state index contributed by atoms with van der Waals surface area (Å²) in [5.41, 5.74) is 1.50. The Kier molecular flexibility index (Phi) is 5.91. The van der Waals surface area contributed by atoms with Gasteiger partial charge in [0, 0.05) is 13.0 Å². The summed E-state index contributed by atoms with van der Waals surface area (Å²) in [7, 11) is 4.16. The largest absolute Gasteiger partial charge is 0.490 e. The minimum absolute atomic E-state index is 0.142. The van der Waals surface area contributed by atoms with Crippen LogP contribution in [-0.2, 0) is 0 Å². The molecular formula is C25H27N2O4+. The number of fused-ring (bicyclic) bond motifs is 2. The van der Waals surface area contributed by atoms with Gasteiger partial charge in [-0.2, -0.15) is 0 Å². The summed E-state index contributed by atoms with van der Waals surface area (Å²) < 4.78 is 11.7. The second-order valence-corrected chi connectivity index (χ2v) is 8.05. The molecular weight excluding hydrogens is 392 g/mol. The number of amides is 1. The van der Waals surface area contributed by atoms with Crippen LogP contribution in [0.15, 0.2) is 70.4 Å². The van der Waals surface area contributed by atoms with Crippen LogP contribution in [-0.4, -0.2) is 44.6 Å². The topological polar surface area (TPSA) is 64.2 Å². The van der Waals surface area contributed by atoms with Crippen molar-refractivity contribution in [1.29, 1.82) is 0 Å². The first-order valence-electron chi connectivity index (χ1n) is 10.5. The average Bonchev–Trinajstić information content (AvgIpc) is 3.04. The van der Waals surface area contributed by atoms with Crippen LogP contribution in [0, 0.1) is 0 Å². The smallest absolute Gasteiger partial charge is 0.290 e. The third kappa shape index (κ3) is 3.99. The van der Waals surface area contributed by atoms with Gasteiger partial charge < -0.3 is 19.0 Å². The summed E-state index contributed by atoms with van der Waals surface area (Å²) >= 11 is 0. The standard InChI is InChI=1S/C25H26N2O4/c1-4-15-30-18-10-7-9-17(16-18)22-21-23(28)19-11-5-6-12-20(19)31-24(21)25(29)27(22)14-8-13-26(2)3/h4-7,9-12,16,22H,1,8,13-15H2,2-3H3/p+1/t22-/m1/s1. The number of nitrogens with one attached hydrogen (secondary N) is 1. The molecule has 2 heterocycles. The van der Waals surface area contributed by atoms with E-state index in [-0.39, 0.29) is 17.1 Å². The molecule has 2 aromatic carbocycles. The molecule has 0 saturated carbocycles. The molecule has 6 nitrogen and oxygen atoms in total. The minimum atomic E-state index is -0.507. The highest BCUT2D eigenvalue weighted by molar-refractivity contribution is 5.99. The Morgan fingerprint density at radius 3 is 2.74 bits per heavy atom. The summed E-state index contributed by atoms with van der Waals surface area (Å²) in [5.74, 6) is 0.568. The first-order chi connectivity index (χ1) is 15.0. The average molecular weight is 420 g/mol. The van der Waals surface area contributed by atoms with Crippen LogP contribution >= 0.6 is 0 Å². The Morgan fingerprint density at radius 2 is 1.97 bits per heavy atom. The van der Waals surface area contributed by atoms with Crippen LogP contribution in [0.25, 0.3) is 11.0 Å². The fourth-order valence-electron chi connectivity index (χ4n) is 4.08. The first-order valence-corrected chi connectivity index (χ1v) is 10.5. The SMILES string of the molecule is C=CCOc1cccc([C@@H]2c3c(oc4ccccc4c3=O)C(=O)N2CCC[NH+](C)C)c1. The van der Waals surface area contributed by atoms with E-state index >= 15 is 0 Å². The summed E-state index contributed by atoms with van der Waals surface area (Å²) in [4.78, 5) is 29.9. The number of nitrogens with zero attached hydrogens (tertiary/aromatic N) is 1. The number of benzene rings is 2. The molecule has 0 bridgehead atoms. The van der Waals surface area contributed by atoms with E-state index in [4.69, 9.17) is 9.15 Å². The summed E-state index contributed by atoms with van der Waals surface area (Å²) in [6.07, 6.45) is 2.50. The quantitative estimate of drug-likeness (QED) is 0.570. The van der Waals surface area contributed by atoms with Crippen molar-refractivity contribution in [2.75, 3.05) is 33.8 Å². The zero-order valence-corrected chi connectivity index (χ0v) is 17.9. The van der Waals surface area contributed by atoms with E-state index in [1.165, 1.54) is 4.90 Å². The van der Waals surface area contributed by atoms with Crippen molar-refractivity contribution in [2.45, 2.75) is 12.5 Å². The number of hydrogen-bond donors (Lipinski definition) is 1. The molecule has 1 aromatic heterocycles. The highest BCUT2D eigenvalue weighted by Gasteiger charge is 2.42. The maximum Gasteiger partial charge on any atom is 0.290 e. The molecule has 160 valence electrons. The minimum Gasteiger partial charge on any atom is -0.490 e. The van der Waals surface area contributed by atoms with Gasteiger partial charge in [0.05, 0.1) is 37.6 Å². The Bertz CT molecular complexity index is 1180. The van der Waals surface area contributed by atoms with Gasteiger partial charge in [0.2, 0.25) is 5.76 Å². The van der Waals surface area contributed by atoms with Gasteiger partial charge in [-0.15, -0.1) is 0 Å². The van der Waals surface area contributed by atoms with Crippen molar-refractivity contribution in [1.82, 2.24) is 4.90 Å². The first kappa shape index (κ1) is 20.9. The molecule has 1 aliphatic heterocycles. The van der Waals surface area contributed by atoms with Crippen LogP contribution < -0.4 is 15.1 Å². The molecule has 1 amide bonds. The molecule has 4 rings (SSSR count). The zero-order chi connectivity index (χ0) is 22.0. The molecule has 1 aliphatic rings. The van der Waals surface area contributed by atoms with E-state index in [0.29, 0.717) is 35.4 Å². The van der Waals surface area contributed by atoms with Crippen LogP contribution in [0.1, 0.15) is 34.1 Å². The highest BCUT2D eigenvalue weighted by atomic mass is 16.5. The highest BCUT2D eigenvalue weighted by Crippen LogP contribution is 2.39. The lowest BCUT2D eigenvalue weighted by Crippen LogP contribution is -3.05. The van der Waals surface area contributed by atoms with Gasteiger partial charge in [0.25, 0.3) is 5.91 Å². The van der Waals surface area contributed by atoms with E-state index in [0.717, 1.165) is 18.5 Å². The number of para-hydroxylation sites is 1. The third-order valence-electron chi connectivity index (χ3n) is 5.49. The van der Waals surface area contributed by atoms with Crippen LogP contribution in [0.2, 0.25) is 0 Å². The molecule has 31 heavy (non-hydrogen) atoms. The molecule has 0 spiro atoms. The fourth-order valence-corrected chi connectivity index (χ4v) is 4.08.